The lowest BCUT2D eigenvalue weighted by molar-refractivity contribution is -0.144. The van der Waals surface area contributed by atoms with Gasteiger partial charge in [0, 0.05) is 12.5 Å². The van der Waals surface area contributed by atoms with Crippen LogP contribution in [0.4, 0.5) is 0 Å². The summed E-state index contributed by atoms with van der Waals surface area (Å²) in [5, 5.41) is 8.84. The van der Waals surface area contributed by atoms with E-state index in [1.807, 2.05) is 19.1 Å². The molecule has 1 aromatic rings. The van der Waals surface area contributed by atoms with Crippen molar-refractivity contribution in [1.29, 1.82) is 0 Å². The van der Waals surface area contributed by atoms with Crippen LogP contribution < -0.4 is 9.47 Å². The number of benzene rings is 1. The predicted molar refractivity (Wildman–Crippen MR) is 58.0 cm³/mol. The van der Waals surface area contributed by atoms with Gasteiger partial charge in [-0.2, -0.15) is 0 Å². The molecular weight excluding hydrogens is 208 g/mol. The molecule has 0 fully saturated rings. The van der Waals surface area contributed by atoms with Gasteiger partial charge in [-0.25, -0.2) is 4.79 Å². The highest BCUT2D eigenvalue weighted by atomic mass is 16.5. The van der Waals surface area contributed by atoms with E-state index >= 15 is 0 Å². The molecule has 1 heterocycles. The summed E-state index contributed by atoms with van der Waals surface area (Å²) < 4.78 is 10.8. The van der Waals surface area contributed by atoms with Crippen LogP contribution in [0.15, 0.2) is 18.2 Å². The molecule has 0 saturated heterocycles. The van der Waals surface area contributed by atoms with E-state index in [0.29, 0.717) is 18.8 Å². The van der Waals surface area contributed by atoms with E-state index in [-0.39, 0.29) is 0 Å². The number of ether oxygens (including phenoxy) is 2. The Balaban J connectivity index is 2.11. The van der Waals surface area contributed by atoms with E-state index in [0.717, 1.165) is 17.7 Å². The summed E-state index contributed by atoms with van der Waals surface area (Å²) in [5.41, 5.74) is 0.927. The van der Waals surface area contributed by atoms with E-state index < -0.39 is 12.1 Å². The van der Waals surface area contributed by atoms with Gasteiger partial charge in [0.2, 0.25) is 0 Å². The first-order valence-electron chi connectivity index (χ1n) is 5.36. The van der Waals surface area contributed by atoms with E-state index in [1.54, 1.807) is 6.07 Å². The number of carboxylic acids is 1. The lowest BCUT2D eigenvalue weighted by Crippen LogP contribution is -2.24. The Morgan fingerprint density at radius 3 is 3.12 bits per heavy atom. The first-order valence-corrected chi connectivity index (χ1v) is 5.36. The molecule has 0 radical (unpaired) electrons. The SMILES string of the molecule is CCCOc1ccc2c(c1)OC(C(=O)O)C2. The van der Waals surface area contributed by atoms with Crippen LogP contribution in [0, 0.1) is 0 Å². The molecule has 4 nitrogen and oxygen atoms in total. The minimum absolute atomic E-state index is 0.429. The first kappa shape index (κ1) is 10.8. The highest BCUT2D eigenvalue weighted by Crippen LogP contribution is 2.32. The summed E-state index contributed by atoms with van der Waals surface area (Å²) in [6, 6.07) is 5.47. The average molecular weight is 222 g/mol. The quantitative estimate of drug-likeness (QED) is 0.844. The minimum Gasteiger partial charge on any atom is -0.493 e. The van der Waals surface area contributed by atoms with E-state index in [2.05, 4.69) is 0 Å². The largest absolute Gasteiger partial charge is 0.493 e. The van der Waals surface area contributed by atoms with Crippen molar-refractivity contribution in [3.63, 3.8) is 0 Å². The van der Waals surface area contributed by atoms with Crippen LogP contribution in [-0.4, -0.2) is 23.8 Å². The molecule has 0 saturated carbocycles. The van der Waals surface area contributed by atoms with Gasteiger partial charge in [-0.3, -0.25) is 0 Å². The molecule has 0 bridgehead atoms. The maximum atomic E-state index is 10.8. The van der Waals surface area contributed by atoms with Crippen LogP contribution in [0.3, 0.4) is 0 Å². The van der Waals surface area contributed by atoms with Crippen molar-refractivity contribution in [2.45, 2.75) is 25.9 Å². The lowest BCUT2D eigenvalue weighted by atomic mass is 10.1. The van der Waals surface area contributed by atoms with Crippen molar-refractivity contribution in [2.75, 3.05) is 6.61 Å². The molecule has 1 aliphatic heterocycles. The topological polar surface area (TPSA) is 55.8 Å². The van der Waals surface area contributed by atoms with Gasteiger partial charge in [-0.05, 0) is 18.1 Å². The van der Waals surface area contributed by atoms with E-state index in [9.17, 15) is 4.79 Å². The van der Waals surface area contributed by atoms with Crippen LogP contribution in [0.1, 0.15) is 18.9 Å². The Morgan fingerprint density at radius 1 is 1.62 bits per heavy atom. The number of rotatable bonds is 4. The predicted octanol–water partition coefficient (Wildman–Crippen LogP) is 1.86. The maximum absolute atomic E-state index is 10.8. The summed E-state index contributed by atoms with van der Waals surface area (Å²) >= 11 is 0. The second-order valence-corrected chi connectivity index (χ2v) is 3.77. The van der Waals surface area contributed by atoms with Crippen molar-refractivity contribution >= 4 is 5.97 Å². The summed E-state index contributed by atoms with van der Waals surface area (Å²) in [7, 11) is 0. The van der Waals surface area contributed by atoms with Crippen LogP contribution in [0.5, 0.6) is 11.5 Å². The van der Waals surface area contributed by atoms with Crippen molar-refractivity contribution in [1.82, 2.24) is 0 Å². The molecule has 1 aromatic carbocycles. The fourth-order valence-electron chi connectivity index (χ4n) is 1.66. The summed E-state index contributed by atoms with van der Waals surface area (Å²) in [6.45, 7) is 2.69. The van der Waals surface area contributed by atoms with Crippen LogP contribution in [-0.2, 0) is 11.2 Å². The average Bonchev–Trinajstić information content (AvgIpc) is 2.69. The summed E-state index contributed by atoms with van der Waals surface area (Å²) in [4.78, 5) is 10.8. The number of aliphatic carboxylic acids is 1. The summed E-state index contributed by atoms with van der Waals surface area (Å²) in [6.07, 6.45) is 0.616. The van der Waals surface area contributed by atoms with Crippen LogP contribution >= 0.6 is 0 Å². The van der Waals surface area contributed by atoms with Gasteiger partial charge in [0.05, 0.1) is 6.61 Å². The van der Waals surface area contributed by atoms with Gasteiger partial charge in [0.15, 0.2) is 6.10 Å². The molecule has 0 spiro atoms. The standard InChI is InChI=1S/C12H14O4/c1-2-5-15-9-4-3-8-6-11(12(13)14)16-10(8)7-9/h3-4,7,11H,2,5-6H2,1H3,(H,13,14). The smallest absolute Gasteiger partial charge is 0.345 e. The first-order chi connectivity index (χ1) is 7.70. The number of fused-ring (bicyclic) bond motifs is 1. The molecule has 0 amide bonds. The van der Waals surface area contributed by atoms with E-state index in [1.165, 1.54) is 0 Å². The zero-order chi connectivity index (χ0) is 11.5. The van der Waals surface area contributed by atoms with Gasteiger partial charge in [-0.15, -0.1) is 0 Å². The van der Waals surface area contributed by atoms with Gasteiger partial charge in [0.25, 0.3) is 0 Å². The van der Waals surface area contributed by atoms with E-state index in [4.69, 9.17) is 14.6 Å². The fraction of sp³-hybridized carbons (Fsp3) is 0.417. The third-order valence-electron chi connectivity index (χ3n) is 2.46. The van der Waals surface area contributed by atoms with Crippen LogP contribution in [0.2, 0.25) is 0 Å². The van der Waals surface area contributed by atoms with Gasteiger partial charge >= 0.3 is 5.97 Å². The van der Waals surface area contributed by atoms with Crippen LogP contribution in [0.25, 0.3) is 0 Å². The second kappa shape index (κ2) is 4.43. The minimum atomic E-state index is -0.924. The highest BCUT2D eigenvalue weighted by molar-refractivity contribution is 5.74. The molecule has 86 valence electrons. The molecule has 0 aliphatic carbocycles. The molecule has 2 rings (SSSR count). The molecule has 16 heavy (non-hydrogen) atoms. The molecule has 1 unspecified atom stereocenters. The highest BCUT2D eigenvalue weighted by Gasteiger charge is 2.28. The zero-order valence-electron chi connectivity index (χ0n) is 9.10. The number of carbonyl (C=O) groups is 1. The van der Waals surface area contributed by atoms with Gasteiger partial charge in [-0.1, -0.05) is 13.0 Å². The second-order valence-electron chi connectivity index (χ2n) is 3.77. The summed E-state index contributed by atoms with van der Waals surface area (Å²) in [5.74, 6) is 0.430. The zero-order valence-corrected chi connectivity index (χ0v) is 9.10. The molecule has 1 aliphatic rings. The third-order valence-corrected chi connectivity index (χ3v) is 2.46. The maximum Gasteiger partial charge on any atom is 0.345 e. The Morgan fingerprint density at radius 2 is 2.44 bits per heavy atom. The monoisotopic (exact) mass is 222 g/mol. The van der Waals surface area contributed by atoms with Crippen molar-refractivity contribution in [3.05, 3.63) is 23.8 Å². The molecule has 0 aromatic heterocycles. The Kier molecular flexibility index (Phi) is 2.99. The number of hydrogen-bond acceptors (Lipinski definition) is 3. The Labute approximate surface area is 93.8 Å². The van der Waals surface area contributed by atoms with Gasteiger partial charge in [0.1, 0.15) is 11.5 Å². The molecular formula is C12H14O4. The lowest BCUT2D eigenvalue weighted by Gasteiger charge is -2.06. The van der Waals surface area contributed by atoms with Crippen molar-refractivity contribution < 1.29 is 19.4 Å². The fourth-order valence-corrected chi connectivity index (χ4v) is 1.66. The Bertz CT molecular complexity index is 400. The molecule has 1 N–H and O–H groups in total. The molecule has 4 heteroatoms. The number of carboxylic acid groups (broad SMARTS) is 1. The number of hydrogen-bond donors (Lipinski definition) is 1. The third kappa shape index (κ3) is 2.10. The van der Waals surface area contributed by atoms with Crippen molar-refractivity contribution in [2.24, 2.45) is 0 Å². The van der Waals surface area contributed by atoms with Gasteiger partial charge < -0.3 is 14.6 Å². The Hall–Kier alpha value is -1.71. The molecule has 1 atom stereocenters. The normalized spacial score (nSPS) is 17.7. The van der Waals surface area contributed by atoms with Crippen molar-refractivity contribution in [3.8, 4) is 11.5 Å².